The largest absolute Gasteiger partial charge is 0.487 e. The molecule has 3 amide bonds. The van der Waals surface area contributed by atoms with Gasteiger partial charge in [0.25, 0.3) is 0 Å². The molecule has 0 saturated heterocycles. The molecule has 2 aliphatic heterocycles. The fourth-order valence-electron chi connectivity index (χ4n) is 5.11. The van der Waals surface area contributed by atoms with Crippen molar-refractivity contribution < 1.29 is 32.2 Å². The van der Waals surface area contributed by atoms with Gasteiger partial charge in [-0.05, 0) is 68.3 Å². The Morgan fingerprint density at radius 3 is 2.65 bits per heavy atom. The Balaban J connectivity index is 1.15. The number of ether oxygens (including phenoxy) is 2. The molecule has 3 aliphatic rings. The average Bonchev–Trinajstić information content (AvgIpc) is 3.38. The predicted octanol–water partition coefficient (Wildman–Crippen LogP) is 5.02. The number of aromatic nitrogens is 1. The number of carbonyl (C=O) groups excluding carboxylic acids is 2. The van der Waals surface area contributed by atoms with Gasteiger partial charge in [-0.25, -0.2) is 9.78 Å². The maximum Gasteiger partial charge on any atom is 0.416 e. The molecule has 5 N–H and O–H groups in total. The molecular formula is C28H26F3N5O4. The van der Waals surface area contributed by atoms with Gasteiger partial charge in [-0.2, -0.15) is 13.2 Å². The lowest BCUT2D eigenvalue weighted by Gasteiger charge is -2.22. The number of hydrogen-bond donors (Lipinski definition) is 4. The van der Waals surface area contributed by atoms with E-state index in [0.29, 0.717) is 35.9 Å². The number of fused-ring (bicyclic) bond motifs is 4. The van der Waals surface area contributed by atoms with Crippen LogP contribution in [-0.4, -0.2) is 29.1 Å². The van der Waals surface area contributed by atoms with Crippen molar-refractivity contribution >= 4 is 23.4 Å². The fraction of sp³-hybridized carbons (Fsp3) is 0.321. The van der Waals surface area contributed by atoms with Crippen molar-refractivity contribution in [3.8, 4) is 17.2 Å². The first kappa shape index (κ1) is 25.9. The van der Waals surface area contributed by atoms with Gasteiger partial charge in [0.05, 0.1) is 17.5 Å². The minimum atomic E-state index is -4.59. The van der Waals surface area contributed by atoms with Crippen LogP contribution in [0.5, 0.6) is 17.2 Å². The molecular weight excluding hydrogens is 527 g/mol. The van der Waals surface area contributed by atoms with Crippen molar-refractivity contribution in [3.05, 3.63) is 70.9 Å². The molecule has 1 saturated carbocycles. The van der Waals surface area contributed by atoms with Crippen molar-refractivity contribution in [1.29, 1.82) is 0 Å². The fourth-order valence-corrected chi connectivity index (χ4v) is 5.11. The van der Waals surface area contributed by atoms with Crippen LogP contribution < -0.4 is 31.2 Å². The predicted molar refractivity (Wildman–Crippen MR) is 139 cm³/mol. The Morgan fingerprint density at radius 1 is 1.12 bits per heavy atom. The number of anilines is 2. The zero-order chi connectivity index (χ0) is 28.4. The van der Waals surface area contributed by atoms with Crippen LogP contribution in [0.3, 0.4) is 0 Å². The number of alkyl halides is 3. The molecule has 40 heavy (non-hydrogen) atoms. The molecule has 3 aromatic rings. The second-order valence-electron chi connectivity index (χ2n) is 10.7. The average molecular weight is 554 g/mol. The van der Waals surface area contributed by atoms with Gasteiger partial charge in [0, 0.05) is 35.0 Å². The molecule has 0 bridgehead atoms. The topological polar surface area (TPSA) is 128 Å². The van der Waals surface area contributed by atoms with Gasteiger partial charge in [0.2, 0.25) is 5.91 Å². The van der Waals surface area contributed by atoms with E-state index < -0.39 is 23.3 Å². The molecule has 1 aromatic heterocycles. The van der Waals surface area contributed by atoms with E-state index in [1.807, 2.05) is 6.07 Å². The van der Waals surface area contributed by atoms with Crippen LogP contribution in [0.25, 0.3) is 0 Å². The summed E-state index contributed by atoms with van der Waals surface area (Å²) in [6.07, 6.45) is -2.46. The maximum atomic E-state index is 13.4. The third-order valence-electron chi connectivity index (χ3n) is 7.22. The van der Waals surface area contributed by atoms with Crippen LogP contribution in [0.4, 0.5) is 29.5 Å². The minimum absolute atomic E-state index is 0.0134. The minimum Gasteiger partial charge on any atom is -0.487 e. The molecule has 1 aliphatic carbocycles. The third kappa shape index (κ3) is 4.90. The number of halogens is 3. The first-order valence-corrected chi connectivity index (χ1v) is 12.7. The van der Waals surface area contributed by atoms with Crippen molar-refractivity contribution in [3.63, 3.8) is 0 Å². The van der Waals surface area contributed by atoms with Gasteiger partial charge in [0.15, 0.2) is 0 Å². The highest BCUT2D eigenvalue weighted by Gasteiger charge is 2.59. The van der Waals surface area contributed by atoms with E-state index in [-0.39, 0.29) is 35.2 Å². The number of nitrogens with zero attached hydrogens (tertiary/aromatic N) is 1. The summed E-state index contributed by atoms with van der Waals surface area (Å²) in [6, 6.07) is 9.43. The van der Waals surface area contributed by atoms with Gasteiger partial charge >= 0.3 is 12.2 Å². The summed E-state index contributed by atoms with van der Waals surface area (Å²) in [6.45, 7) is 3.18. The summed E-state index contributed by atoms with van der Waals surface area (Å²) in [5, 5.41) is 8.05. The van der Waals surface area contributed by atoms with E-state index in [4.69, 9.17) is 15.2 Å². The van der Waals surface area contributed by atoms with Gasteiger partial charge in [-0.1, -0.05) is 0 Å². The molecule has 208 valence electrons. The number of urea groups is 1. The van der Waals surface area contributed by atoms with Gasteiger partial charge in [-0.3, -0.25) is 4.79 Å². The Bertz CT molecular complexity index is 1500. The summed E-state index contributed by atoms with van der Waals surface area (Å²) in [5.41, 5.74) is 5.98. The highest BCUT2D eigenvalue weighted by molar-refractivity contribution is 5.93. The number of nitrogens with two attached hydrogens (primary N) is 1. The third-order valence-corrected chi connectivity index (χ3v) is 7.22. The van der Waals surface area contributed by atoms with Crippen molar-refractivity contribution in [2.45, 2.75) is 56.5 Å². The highest BCUT2D eigenvalue weighted by Crippen LogP contribution is 2.54. The van der Waals surface area contributed by atoms with Crippen molar-refractivity contribution in [2.75, 3.05) is 10.6 Å². The first-order valence-electron chi connectivity index (χ1n) is 12.7. The second-order valence-corrected chi connectivity index (χ2v) is 10.7. The standard InChI is InChI=1S/C28H26F3N5O4/c1-27(2,32)13-9-14(28(29,30)31)11-15(10-13)34-26(38)36-23-22-18-12-16(3-5-19(18)40-24(22)23)39-20-7-8-33-25-17(20)4-6-21(37)35-25/h3,5,7-12,22-24H,4,6,32H2,1-2H3,(H,33,35,37)(H2,34,36,38). The molecule has 9 nitrogen and oxygen atoms in total. The second kappa shape index (κ2) is 9.12. The summed E-state index contributed by atoms with van der Waals surface area (Å²) >= 11 is 0. The van der Waals surface area contributed by atoms with Crippen molar-refractivity contribution in [1.82, 2.24) is 10.3 Å². The zero-order valence-corrected chi connectivity index (χ0v) is 21.6. The van der Waals surface area contributed by atoms with Crippen LogP contribution in [0.1, 0.15) is 48.4 Å². The van der Waals surface area contributed by atoms with Crippen LogP contribution >= 0.6 is 0 Å². The van der Waals surface area contributed by atoms with E-state index in [0.717, 1.165) is 23.3 Å². The molecule has 3 unspecified atom stereocenters. The molecule has 0 spiro atoms. The van der Waals surface area contributed by atoms with E-state index in [9.17, 15) is 22.8 Å². The van der Waals surface area contributed by atoms with Crippen molar-refractivity contribution in [2.24, 2.45) is 5.73 Å². The quantitative estimate of drug-likeness (QED) is 0.351. The van der Waals surface area contributed by atoms with Gasteiger partial charge in [0.1, 0.15) is 29.2 Å². The number of carbonyl (C=O) groups is 2. The Hall–Kier alpha value is -4.32. The molecule has 1 fully saturated rings. The van der Waals surface area contributed by atoms with E-state index >= 15 is 0 Å². The Morgan fingerprint density at radius 2 is 1.90 bits per heavy atom. The van der Waals surface area contributed by atoms with Gasteiger partial charge < -0.3 is 31.2 Å². The molecule has 2 aromatic carbocycles. The maximum absolute atomic E-state index is 13.4. The number of hydrogen-bond acceptors (Lipinski definition) is 6. The first-order chi connectivity index (χ1) is 18.9. The highest BCUT2D eigenvalue weighted by atomic mass is 19.4. The van der Waals surface area contributed by atoms with E-state index in [1.54, 1.807) is 38.2 Å². The molecule has 12 heteroatoms. The lowest BCUT2D eigenvalue weighted by molar-refractivity contribution is -0.137. The molecule has 0 radical (unpaired) electrons. The summed E-state index contributed by atoms with van der Waals surface area (Å²) in [4.78, 5) is 28.6. The lowest BCUT2D eigenvalue weighted by atomic mass is 9.93. The normalized spacial score (nSPS) is 20.9. The van der Waals surface area contributed by atoms with E-state index in [1.165, 1.54) is 6.07 Å². The monoisotopic (exact) mass is 553 g/mol. The Kier molecular flexibility index (Phi) is 5.91. The van der Waals surface area contributed by atoms with Crippen LogP contribution in [0, 0.1) is 0 Å². The van der Waals surface area contributed by atoms with E-state index in [2.05, 4.69) is 20.9 Å². The summed E-state index contributed by atoms with van der Waals surface area (Å²) in [5.74, 6) is 2.09. The van der Waals surface area contributed by atoms with Crippen LogP contribution in [0.2, 0.25) is 0 Å². The SMILES string of the molecule is CC(C)(N)c1cc(NC(=O)NC2C3Oc4ccc(Oc5ccnc6c5CCC(=O)N6)cc4C23)cc(C(F)(F)F)c1. The lowest BCUT2D eigenvalue weighted by Crippen LogP contribution is -2.34. The van der Waals surface area contributed by atoms with Crippen LogP contribution in [-0.2, 0) is 22.9 Å². The smallest absolute Gasteiger partial charge is 0.416 e. The molecule has 3 atom stereocenters. The number of amides is 3. The zero-order valence-electron chi connectivity index (χ0n) is 21.6. The summed E-state index contributed by atoms with van der Waals surface area (Å²) in [7, 11) is 0. The number of pyridine rings is 1. The number of nitrogens with one attached hydrogen (secondary N) is 3. The number of benzene rings is 2. The van der Waals surface area contributed by atoms with Crippen LogP contribution in [0.15, 0.2) is 48.7 Å². The van der Waals surface area contributed by atoms with Gasteiger partial charge in [-0.15, -0.1) is 0 Å². The molecule has 6 rings (SSSR count). The summed E-state index contributed by atoms with van der Waals surface area (Å²) < 4.78 is 52.4. The molecule has 3 heterocycles. The number of rotatable bonds is 5. The Labute approximate surface area is 227 Å².